The van der Waals surface area contributed by atoms with Crippen LogP contribution >= 0.6 is 15.9 Å². The molecule has 0 aliphatic carbocycles. The Kier molecular flexibility index (Phi) is 2.86. The van der Waals surface area contributed by atoms with E-state index in [0.717, 1.165) is 11.5 Å². The maximum absolute atomic E-state index is 4.42. The average molecular weight is 270 g/mol. The molecule has 2 rings (SSSR count). The van der Waals surface area contributed by atoms with Gasteiger partial charge in [0, 0.05) is 23.6 Å². The molecule has 0 N–H and O–H groups in total. The zero-order valence-corrected chi connectivity index (χ0v) is 10.2. The Balaban J connectivity index is 2.37. The molecule has 80 valence electrons. The van der Waals surface area contributed by atoms with Gasteiger partial charge in [0.2, 0.25) is 0 Å². The molecule has 0 fully saturated rings. The van der Waals surface area contributed by atoms with Gasteiger partial charge in [0.1, 0.15) is 0 Å². The summed E-state index contributed by atoms with van der Waals surface area (Å²) in [4.78, 5) is 0. The number of alkyl halides is 1. The molecule has 0 spiro atoms. The molecule has 6 heteroatoms. The average Bonchev–Trinajstić information content (AvgIpc) is 2.85. The summed E-state index contributed by atoms with van der Waals surface area (Å²) < 4.78 is 3.63. The van der Waals surface area contributed by atoms with Crippen molar-refractivity contribution in [2.45, 2.75) is 25.2 Å². The van der Waals surface area contributed by atoms with Crippen molar-refractivity contribution in [1.82, 2.24) is 24.8 Å². The highest BCUT2D eigenvalue weighted by Crippen LogP contribution is 2.11. The minimum atomic E-state index is 0.356. The Hall–Kier alpha value is -1.17. The first kappa shape index (κ1) is 10.4. The molecule has 0 saturated heterocycles. The maximum atomic E-state index is 4.42. The molecule has 0 radical (unpaired) electrons. The Morgan fingerprint density at radius 2 is 2.27 bits per heavy atom. The van der Waals surface area contributed by atoms with Crippen LogP contribution in [0.4, 0.5) is 0 Å². The zero-order valence-electron chi connectivity index (χ0n) is 8.63. The molecule has 2 aromatic rings. The van der Waals surface area contributed by atoms with Crippen molar-refractivity contribution in [3.8, 4) is 5.82 Å². The molecule has 2 heterocycles. The molecule has 0 bridgehead atoms. The second-order valence-electron chi connectivity index (χ2n) is 3.52. The zero-order chi connectivity index (χ0) is 10.8. The fraction of sp³-hybridized carbons (Fsp3) is 0.444. The van der Waals surface area contributed by atoms with Gasteiger partial charge in [-0.15, -0.1) is 5.10 Å². The summed E-state index contributed by atoms with van der Waals surface area (Å²) in [6, 6.07) is 2.29. The Morgan fingerprint density at radius 1 is 1.47 bits per heavy atom. The van der Waals surface area contributed by atoms with Gasteiger partial charge in [-0.1, -0.05) is 21.1 Å². The molecule has 0 amide bonds. The van der Waals surface area contributed by atoms with Gasteiger partial charge in [-0.3, -0.25) is 4.68 Å². The van der Waals surface area contributed by atoms with Crippen molar-refractivity contribution in [3.05, 3.63) is 24.2 Å². The van der Waals surface area contributed by atoms with Gasteiger partial charge in [-0.25, -0.2) is 0 Å². The summed E-state index contributed by atoms with van der Waals surface area (Å²) >= 11 is 3.39. The van der Waals surface area contributed by atoms with Crippen LogP contribution in [0.2, 0.25) is 0 Å². The van der Waals surface area contributed by atoms with Crippen molar-refractivity contribution in [1.29, 1.82) is 0 Å². The first-order valence-corrected chi connectivity index (χ1v) is 5.85. The lowest BCUT2D eigenvalue weighted by Crippen LogP contribution is -2.05. The highest BCUT2D eigenvalue weighted by molar-refractivity contribution is 9.08. The van der Waals surface area contributed by atoms with Gasteiger partial charge >= 0.3 is 0 Å². The largest absolute Gasteiger partial charge is 0.268 e. The number of halogens is 1. The minimum Gasteiger partial charge on any atom is -0.268 e. The van der Waals surface area contributed by atoms with Gasteiger partial charge in [0.15, 0.2) is 5.82 Å². The second-order valence-corrected chi connectivity index (χ2v) is 4.08. The van der Waals surface area contributed by atoms with Crippen LogP contribution in [0, 0.1) is 0 Å². The van der Waals surface area contributed by atoms with E-state index in [4.69, 9.17) is 0 Å². The van der Waals surface area contributed by atoms with E-state index in [1.54, 1.807) is 10.9 Å². The third-order valence-electron chi connectivity index (χ3n) is 2.10. The summed E-state index contributed by atoms with van der Waals surface area (Å²) in [5, 5.41) is 13.0. The molecular weight excluding hydrogens is 258 g/mol. The number of aromatic nitrogens is 5. The van der Waals surface area contributed by atoms with Gasteiger partial charge in [-0.05, 0) is 13.8 Å². The summed E-state index contributed by atoms with van der Waals surface area (Å²) in [7, 11) is 0. The van der Waals surface area contributed by atoms with Crippen LogP contribution in [0.5, 0.6) is 0 Å². The van der Waals surface area contributed by atoms with Gasteiger partial charge in [0.05, 0.1) is 11.9 Å². The van der Waals surface area contributed by atoms with E-state index in [1.165, 1.54) is 0 Å². The number of hydrogen-bond acceptors (Lipinski definition) is 3. The van der Waals surface area contributed by atoms with E-state index in [9.17, 15) is 0 Å². The first-order valence-electron chi connectivity index (χ1n) is 4.73. The molecule has 0 aromatic carbocycles. The van der Waals surface area contributed by atoms with E-state index in [2.05, 4.69) is 45.2 Å². The van der Waals surface area contributed by atoms with E-state index in [0.29, 0.717) is 11.4 Å². The fourth-order valence-corrected chi connectivity index (χ4v) is 1.65. The van der Waals surface area contributed by atoms with Crippen molar-refractivity contribution >= 4 is 15.9 Å². The lowest BCUT2D eigenvalue weighted by molar-refractivity contribution is 0.526. The summed E-state index contributed by atoms with van der Waals surface area (Å²) in [5.74, 6) is 0.802. The van der Waals surface area contributed by atoms with Crippen molar-refractivity contribution in [3.63, 3.8) is 0 Å². The highest BCUT2D eigenvalue weighted by atomic mass is 79.9. The molecule has 0 aliphatic rings. The van der Waals surface area contributed by atoms with Gasteiger partial charge < -0.3 is 0 Å². The smallest absolute Gasteiger partial charge is 0.177 e. The van der Waals surface area contributed by atoms with E-state index in [-0.39, 0.29) is 0 Å². The van der Waals surface area contributed by atoms with Crippen molar-refractivity contribution in [2.75, 3.05) is 0 Å². The van der Waals surface area contributed by atoms with E-state index < -0.39 is 0 Å². The quantitative estimate of drug-likeness (QED) is 0.801. The predicted octanol–water partition coefficient (Wildman–Crippen LogP) is 1.94. The maximum Gasteiger partial charge on any atom is 0.177 e. The lowest BCUT2D eigenvalue weighted by Gasteiger charge is -2.04. The van der Waals surface area contributed by atoms with Crippen LogP contribution in [0.25, 0.3) is 5.82 Å². The van der Waals surface area contributed by atoms with Crippen LogP contribution in [0.1, 0.15) is 25.6 Å². The Bertz CT molecular complexity index is 445. The first-order chi connectivity index (χ1) is 7.22. The van der Waals surface area contributed by atoms with Crippen LogP contribution < -0.4 is 0 Å². The van der Waals surface area contributed by atoms with Crippen LogP contribution in [0.15, 0.2) is 18.5 Å². The van der Waals surface area contributed by atoms with Gasteiger partial charge in [-0.2, -0.15) is 9.78 Å². The summed E-state index contributed by atoms with van der Waals surface area (Å²) in [6.45, 7) is 4.17. The third kappa shape index (κ3) is 1.94. The fourth-order valence-electron chi connectivity index (χ4n) is 1.27. The van der Waals surface area contributed by atoms with Crippen molar-refractivity contribution in [2.24, 2.45) is 0 Å². The molecule has 0 aliphatic heterocycles. The molecule has 0 atom stereocenters. The predicted molar refractivity (Wildman–Crippen MR) is 60.2 cm³/mol. The number of rotatable bonds is 3. The summed E-state index contributed by atoms with van der Waals surface area (Å²) in [5.41, 5.74) is 0.990. The second kappa shape index (κ2) is 4.14. The van der Waals surface area contributed by atoms with E-state index in [1.807, 2.05) is 16.9 Å². The number of hydrogen-bond donors (Lipinski definition) is 0. The van der Waals surface area contributed by atoms with Crippen molar-refractivity contribution < 1.29 is 0 Å². The van der Waals surface area contributed by atoms with Crippen LogP contribution in [0.3, 0.4) is 0 Å². The lowest BCUT2D eigenvalue weighted by atomic mass is 10.4. The Morgan fingerprint density at radius 3 is 2.87 bits per heavy atom. The number of nitrogens with zero attached hydrogens (tertiary/aromatic N) is 5. The molecule has 15 heavy (non-hydrogen) atoms. The topological polar surface area (TPSA) is 48.5 Å². The molecule has 0 unspecified atom stereocenters. The molecular formula is C9H12BrN5. The van der Waals surface area contributed by atoms with Crippen LogP contribution in [-0.2, 0) is 5.33 Å². The minimum absolute atomic E-state index is 0.356. The molecule has 0 saturated carbocycles. The molecule has 2 aromatic heterocycles. The van der Waals surface area contributed by atoms with E-state index >= 15 is 0 Å². The van der Waals surface area contributed by atoms with Gasteiger partial charge in [0.25, 0.3) is 0 Å². The normalized spacial score (nSPS) is 11.2. The standard InChI is InChI=1S/C9H12BrN5/c1-7(2)14-4-3-9(12-14)15-8(5-10)6-11-13-15/h3-4,6-7H,5H2,1-2H3. The SMILES string of the molecule is CC(C)n1ccc(-n2nncc2CBr)n1. The van der Waals surface area contributed by atoms with Crippen LogP contribution in [-0.4, -0.2) is 24.8 Å². The monoisotopic (exact) mass is 269 g/mol. The third-order valence-corrected chi connectivity index (χ3v) is 2.67. The molecule has 5 nitrogen and oxygen atoms in total. The summed E-state index contributed by atoms with van der Waals surface area (Å²) in [6.07, 6.45) is 3.67. The Labute approximate surface area is 96.2 Å². The highest BCUT2D eigenvalue weighted by Gasteiger charge is 2.08.